The van der Waals surface area contributed by atoms with E-state index < -0.39 is 0 Å². The van der Waals surface area contributed by atoms with Crippen molar-refractivity contribution >= 4 is 0 Å². The predicted molar refractivity (Wildman–Crippen MR) is 80.4 cm³/mol. The second-order valence-corrected chi connectivity index (χ2v) is 6.34. The van der Waals surface area contributed by atoms with Crippen LogP contribution in [0.15, 0.2) is 4.52 Å². The lowest BCUT2D eigenvalue weighted by Gasteiger charge is -2.16. The minimum absolute atomic E-state index is 0.208. The van der Waals surface area contributed by atoms with Gasteiger partial charge in [-0.25, -0.2) is 0 Å². The van der Waals surface area contributed by atoms with Crippen molar-refractivity contribution in [3.63, 3.8) is 0 Å². The lowest BCUT2D eigenvalue weighted by molar-refractivity contribution is 0.185. The first kappa shape index (κ1) is 15.0. The summed E-state index contributed by atoms with van der Waals surface area (Å²) in [5, 5.41) is 7.73. The van der Waals surface area contributed by atoms with E-state index in [9.17, 15) is 0 Å². The Kier molecular flexibility index (Phi) is 5.25. The Bertz CT molecular complexity index is 427. The Morgan fingerprint density at radius 2 is 1.86 bits per heavy atom. The average Bonchev–Trinajstić information content (AvgIpc) is 3.07. The molecule has 2 fully saturated rings. The molecule has 0 radical (unpaired) electrons. The highest BCUT2D eigenvalue weighted by atomic mass is 16.5. The molecule has 1 N–H and O–H groups in total. The molecule has 5 heteroatoms. The molecule has 0 aromatic carbocycles. The molecule has 2 atom stereocenters. The fraction of sp³-hybridized carbons (Fsp3) is 0.875. The van der Waals surface area contributed by atoms with Crippen LogP contribution in [0, 0.1) is 0 Å². The Balaban J connectivity index is 1.67. The molecule has 1 aromatic rings. The quantitative estimate of drug-likeness (QED) is 0.924. The predicted octanol–water partition coefficient (Wildman–Crippen LogP) is 2.99. The fourth-order valence-corrected chi connectivity index (χ4v) is 3.54. The van der Waals surface area contributed by atoms with E-state index in [-0.39, 0.29) is 5.92 Å². The summed E-state index contributed by atoms with van der Waals surface area (Å²) < 4.78 is 11.1. The third-order valence-electron chi connectivity index (χ3n) is 4.79. The molecule has 1 aliphatic heterocycles. The number of nitrogens with zero attached hydrogens (tertiary/aromatic N) is 2. The number of rotatable bonds is 4. The molecule has 1 saturated carbocycles. The van der Waals surface area contributed by atoms with Crippen molar-refractivity contribution < 1.29 is 9.26 Å². The highest BCUT2D eigenvalue weighted by Gasteiger charge is 2.34. The van der Waals surface area contributed by atoms with Crippen LogP contribution in [0.5, 0.6) is 0 Å². The second kappa shape index (κ2) is 7.36. The maximum atomic E-state index is 5.58. The maximum absolute atomic E-state index is 5.58. The van der Waals surface area contributed by atoms with Gasteiger partial charge in [-0.3, -0.25) is 0 Å². The van der Waals surface area contributed by atoms with Crippen LogP contribution < -0.4 is 5.32 Å². The number of nitrogens with one attached hydrogen (secondary N) is 1. The number of aromatic nitrogens is 2. The average molecular weight is 293 g/mol. The second-order valence-electron chi connectivity index (χ2n) is 6.34. The third-order valence-corrected chi connectivity index (χ3v) is 4.79. The van der Waals surface area contributed by atoms with Crippen molar-refractivity contribution in [3.05, 3.63) is 11.7 Å². The van der Waals surface area contributed by atoms with Crippen molar-refractivity contribution in [2.24, 2.45) is 0 Å². The van der Waals surface area contributed by atoms with Gasteiger partial charge in [-0.05, 0) is 19.4 Å². The molecular formula is C16H27N3O2. The van der Waals surface area contributed by atoms with Gasteiger partial charge in [0, 0.05) is 12.0 Å². The van der Waals surface area contributed by atoms with E-state index in [1.807, 2.05) is 0 Å². The fourth-order valence-electron chi connectivity index (χ4n) is 3.54. The zero-order valence-electron chi connectivity index (χ0n) is 13.0. The molecule has 5 nitrogen and oxygen atoms in total. The van der Waals surface area contributed by atoms with Crippen molar-refractivity contribution in [2.75, 3.05) is 19.8 Å². The Labute approximate surface area is 126 Å². The number of ether oxygens (including phenoxy) is 1. The largest absolute Gasteiger partial charge is 0.379 e. The summed E-state index contributed by atoms with van der Waals surface area (Å²) in [6.45, 7) is 4.47. The van der Waals surface area contributed by atoms with Crippen molar-refractivity contribution in [1.29, 1.82) is 0 Å². The van der Waals surface area contributed by atoms with Gasteiger partial charge in [-0.1, -0.05) is 44.2 Å². The van der Waals surface area contributed by atoms with E-state index >= 15 is 0 Å². The summed E-state index contributed by atoms with van der Waals surface area (Å²) in [4.78, 5) is 4.72. The Morgan fingerprint density at radius 1 is 1.10 bits per heavy atom. The summed E-state index contributed by atoms with van der Waals surface area (Å²) in [5.74, 6) is 2.38. The van der Waals surface area contributed by atoms with E-state index in [0.717, 1.165) is 24.9 Å². The van der Waals surface area contributed by atoms with Crippen LogP contribution in [0.2, 0.25) is 0 Å². The van der Waals surface area contributed by atoms with Gasteiger partial charge in [-0.2, -0.15) is 4.98 Å². The zero-order chi connectivity index (χ0) is 14.5. The minimum atomic E-state index is 0.208. The van der Waals surface area contributed by atoms with Crippen LogP contribution in [0.1, 0.15) is 75.4 Å². The highest BCUT2D eigenvalue weighted by Crippen LogP contribution is 2.31. The maximum Gasteiger partial charge on any atom is 0.233 e. The first-order valence-corrected chi connectivity index (χ1v) is 8.53. The van der Waals surface area contributed by atoms with Crippen LogP contribution in [-0.2, 0) is 4.74 Å². The molecule has 0 amide bonds. The molecule has 0 bridgehead atoms. The van der Waals surface area contributed by atoms with E-state index in [4.69, 9.17) is 14.2 Å². The summed E-state index contributed by atoms with van der Waals surface area (Å²) in [5.41, 5.74) is 0. The standard InChI is InChI=1S/C16H27N3O2/c1-2-17-14-11-20-10-13(14)16-18-15(19-21-16)12-8-6-4-3-5-7-9-12/h12-14,17H,2-11H2,1H3. The van der Waals surface area contributed by atoms with Gasteiger partial charge < -0.3 is 14.6 Å². The van der Waals surface area contributed by atoms with Crippen LogP contribution >= 0.6 is 0 Å². The van der Waals surface area contributed by atoms with Gasteiger partial charge in [0.2, 0.25) is 5.89 Å². The molecule has 1 aromatic heterocycles. The smallest absolute Gasteiger partial charge is 0.233 e. The lowest BCUT2D eigenvalue weighted by Crippen LogP contribution is -2.34. The summed E-state index contributed by atoms with van der Waals surface area (Å²) >= 11 is 0. The van der Waals surface area contributed by atoms with E-state index in [0.29, 0.717) is 18.6 Å². The SMILES string of the molecule is CCNC1COCC1c1nc(C2CCCCCCC2)no1. The van der Waals surface area contributed by atoms with Gasteiger partial charge in [0.15, 0.2) is 5.82 Å². The van der Waals surface area contributed by atoms with Crippen molar-refractivity contribution in [1.82, 2.24) is 15.5 Å². The molecule has 1 saturated heterocycles. The molecule has 2 unspecified atom stereocenters. The molecule has 2 aliphatic rings. The molecule has 21 heavy (non-hydrogen) atoms. The molecule has 1 aliphatic carbocycles. The summed E-state index contributed by atoms with van der Waals surface area (Å²) in [7, 11) is 0. The number of hydrogen-bond acceptors (Lipinski definition) is 5. The van der Waals surface area contributed by atoms with Gasteiger partial charge in [-0.15, -0.1) is 0 Å². The zero-order valence-corrected chi connectivity index (χ0v) is 13.0. The molecule has 2 heterocycles. The first-order valence-electron chi connectivity index (χ1n) is 8.53. The Hall–Kier alpha value is -0.940. The van der Waals surface area contributed by atoms with Crippen molar-refractivity contribution in [3.8, 4) is 0 Å². The van der Waals surface area contributed by atoms with Crippen molar-refractivity contribution in [2.45, 2.75) is 69.7 Å². The topological polar surface area (TPSA) is 60.2 Å². The highest BCUT2D eigenvalue weighted by molar-refractivity contribution is 5.05. The monoisotopic (exact) mass is 293 g/mol. The molecule has 0 spiro atoms. The van der Waals surface area contributed by atoms with Crippen LogP contribution in [0.4, 0.5) is 0 Å². The molecule has 118 valence electrons. The van der Waals surface area contributed by atoms with E-state index in [2.05, 4.69) is 17.4 Å². The van der Waals surface area contributed by atoms with Gasteiger partial charge in [0.05, 0.1) is 19.1 Å². The van der Waals surface area contributed by atoms with E-state index in [1.165, 1.54) is 44.9 Å². The lowest BCUT2D eigenvalue weighted by atomic mass is 9.91. The first-order chi connectivity index (χ1) is 10.4. The van der Waals surface area contributed by atoms with Crippen LogP contribution in [0.25, 0.3) is 0 Å². The third kappa shape index (κ3) is 3.64. The van der Waals surface area contributed by atoms with Gasteiger partial charge in [0.1, 0.15) is 0 Å². The normalized spacial score (nSPS) is 28.4. The minimum Gasteiger partial charge on any atom is -0.379 e. The summed E-state index contributed by atoms with van der Waals surface area (Å²) in [6, 6.07) is 0.306. The van der Waals surface area contributed by atoms with Gasteiger partial charge in [0.25, 0.3) is 0 Å². The van der Waals surface area contributed by atoms with Crippen LogP contribution in [0.3, 0.4) is 0 Å². The molecule has 3 rings (SSSR count). The molecular weight excluding hydrogens is 266 g/mol. The number of likely N-dealkylation sites (N-methyl/N-ethyl adjacent to an activating group) is 1. The van der Waals surface area contributed by atoms with E-state index in [1.54, 1.807) is 0 Å². The summed E-state index contributed by atoms with van der Waals surface area (Å²) in [6.07, 6.45) is 9.07. The Morgan fingerprint density at radius 3 is 2.62 bits per heavy atom. The number of hydrogen-bond donors (Lipinski definition) is 1. The van der Waals surface area contributed by atoms with Gasteiger partial charge >= 0.3 is 0 Å². The van der Waals surface area contributed by atoms with Crippen LogP contribution in [-0.4, -0.2) is 35.9 Å².